The molecule has 0 aromatic heterocycles. The molecule has 136 valence electrons. The molecule has 9 heteroatoms. The first-order chi connectivity index (χ1) is 12.3. The molecule has 2 rings (SSSR count). The number of hydrogen-bond donors (Lipinski definition) is 3. The Morgan fingerprint density at radius 3 is 2.15 bits per heavy atom. The Hall–Kier alpha value is -3.49. The van der Waals surface area contributed by atoms with Gasteiger partial charge in [-0.2, -0.15) is 0 Å². The third kappa shape index (κ3) is 4.53. The smallest absolute Gasteiger partial charge is 0.292 e. The molecule has 8 nitrogen and oxygen atoms in total. The van der Waals surface area contributed by atoms with Crippen molar-refractivity contribution in [2.24, 2.45) is 0 Å². The summed E-state index contributed by atoms with van der Waals surface area (Å²) in [6.45, 7) is 1.79. The maximum absolute atomic E-state index is 13.4. The van der Waals surface area contributed by atoms with Crippen LogP contribution in [0.25, 0.3) is 0 Å². The van der Waals surface area contributed by atoms with Crippen molar-refractivity contribution in [1.82, 2.24) is 10.6 Å². The molecular weight excluding hydrogens is 343 g/mol. The van der Waals surface area contributed by atoms with Crippen molar-refractivity contribution in [1.29, 1.82) is 0 Å². The number of carbonyl (C=O) groups excluding carboxylic acids is 2. The van der Waals surface area contributed by atoms with Crippen LogP contribution in [0.1, 0.15) is 26.3 Å². The number of carbonyl (C=O) groups is 2. The van der Waals surface area contributed by atoms with Crippen molar-refractivity contribution in [2.45, 2.75) is 6.92 Å². The van der Waals surface area contributed by atoms with E-state index >= 15 is 0 Å². The molecule has 0 aliphatic heterocycles. The second-order valence-electron chi connectivity index (χ2n) is 5.51. The highest BCUT2D eigenvalue weighted by Crippen LogP contribution is 2.22. The zero-order valence-corrected chi connectivity index (χ0v) is 13.9. The largest absolute Gasteiger partial charge is 0.393 e. The van der Waals surface area contributed by atoms with E-state index < -0.39 is 22.6 Å². The molecule has 0 radical (unpaired) electrons. The van der Waals surface area contributed by atoms with Crippen LogP contribution >= 0.6 is 0 Å². The fourth-order valence-electron chi connectivity index (χ4n) is 2.13. The van der Waals surface area contributed by atoms with Gasteiger partial charge in [0.25, 0.3) is 17.5 Å². The van der Waals surface area contributed by atoms with E-state index in [0.717, 1.165) is 12.1 Å². The third-order valence-corrected chi connectivity index (χ3v) is 3.62. The molecule has 0 heterocycles. The minimum absolute atomic E-state index is 0.0378. The average Bonchev–Trinajstić information content (AvgIpc) is 2.60. The molecule has 0 bridgehead atoms. The Bertz CT molecular complexity index is 870. The Balaban J connectivity index is 1.86. The number of nitrogens with two attached hydrogens (primary N) is 1. The van der Waals surface area contributed by atoms with E-state index in [1.807, 2.05) is 0 Å². The monoisotopic (exact) mass is 360 g/mol. The third-order valence-electron chi connectivity index (χ3n) is 3.62. The number of amides is 2. The first-order valence-electron chi connectivity index (χ1n) is 7.66. The molecule has 2 aromatic carbocycles. The predicted octanol–water partition coefficient (Wildman–Crippen LogP) is 1.78. The van der Waals surface area contributed by atoms with Crippen LogP contribution in [-0.2, 0) is 0 Å². The fourth-order valence-corrected chi connectivity index (χ4v) is 2.13. The second-order valence-corrected chi connectivity index (χ2v) is 5.51. The number of aryl methyl sites for hydroxylation is 1. The van der Waals surface area contributed by atoms with Crippen molar-refractivity contribution in [2.75, 3.05) is 18.8 Å². The average molecular weight is 360 g/mol. The van der Waals surface area contributed by atoms with Gasteiger partial charge in [-0.25, -0.2) is 4.39 Å². The normalized spacial score (nSPS) is 10.2. The van der Waals surface area contributed by atoms with Crippen molar-refractivity contribution in [3.05, 3.63) is 69.0 Å². The minimum atomic E-state index is -0.674. The van der Waals surface area contributed by atoms with Crippen molar-refractivity contribution in [3.63, 3.8) is 0 Å². The first-order valence-corrected chi connectivity index (χ1v) is 7.66. The van der Waals surface area contributed by atoms with Gasteiger partial charge < -0.3 is 16.4 Å². The van der Waals surface area contributed by atoms with Crippen LogP contribution in [0.15, 0.2) is 36.4 Å². The van der Waals surface area contributed by atoms with E-state index in [1.165, 1.54) is 24.3 Å². The van der Waals surface area contributed by atoms with Gasteiger partial charge in [-0.15, -0.1) is 0 Å². The number of hydrogen-bond acceptors (Lipinski definition) is 5. The van der Waals surface area contributed by atoms with Crippen LogP contribution in [0, 0.1) is 22.9 Å². The molecule has 2 aromatic rings. The van der Waals surface area contributed by atoms with Gasteiger partial charge in [-0.3, -0.25) is 19.7 Å². The highest BCUT2D eigenvalue weighted by Gasteiger charge is 2.15. The van der Waals surface area contributed by atoms with Crippen LogP contribution in [0.2, 0.25) is 0 Å². The summed E-state index contributed by atoms with van der Waals surface area (Å²) in [7, 11) is 0. The lowest BCUT2D eigenvalue weighted by atomic mass is 10.1. The summed E-state index contributed by atoms with van der Waals surface area (Å²) in [6, 6.07) is 7.86. The van der Waals surface area contributed by atoms with Gasteiger partial charge in [-0.1, -0.05) is 6.07 Å². The lowest BCUT2D eigenvalue weighted by Crippen LogP contribution is -2.34. The Labute approximate surface area is 148 Å². The number of rotatable bonds is 6. The molecule has 2 amide bonds. The summed E-state index contributed by atoms with van der Waals surface area (Å²) in [5.41, 5.74) is 5.77. The molecule has 0 aliphatic carbocycles. The lowest BCUT2D eigenvalue weighted by Gasteiger charge is -2.08. The summed E-state index contributed by atoms with van der Waals surface area (Å²) < 4.78 is 13.4. The maximum atomic E-state index is 13.4. The van der Waals surface area contributed by atoms with Crippen LogP contribution in [0.4, 0.5) is 15.8 Å². The van der Waals surface area contributed by atoms with Crippen LogP contribution < -0.4 is 16.4 Å². The molecule has 0 fully saturated rings. The van der Waals surface area contributed by atoms with Gasteiger partial charge in [-0.05, 0) is 36.8 Å². The van der Waals surface area contributed by atoms with E-state index in [1.54, 1.807) is 6.92 Å². The number of halogens is 1. The maximum Gasteiger partial charge on any atom is 0.292 e. The molecule has 4 N–H and O–H groups in total. The van der Waals surface area contributed by atoms with Gasteiger partial charge in [0.1, 0.15) is 11.5 Å². The van der Waals surface area contributed by atoms with E-state index in [4.69, 9.17) is 5.73 Å². The van der Waals surface area contributed by atoms with Gasteiger partial charge in [0.05, 0.1) is 4.92 Å². The fraction of sp³-hybridized carbons (Fsp3) is 0.176. The number of nitro groups is 1. The van der Waals surface area contributed by atoms with Crippen molar-refractivity contribution >= 4 is 23.2 Å². The number of anilines is 1. The van der Waals surface area contributed by atoms with Gasteiger partial charge in [0, 0.05) is 30.3 Å². The Morgan fingerprint density at radius 1 is 1.08 bits per heavy atom. The highest BCUT2D eigenvalue weighted by atomic mass is 19.1. The standard InChI is InChI=1S/C17H17FN4O4/c1-10-2-3-11(8-13(10)18)16(23)20-6-7-21-17(24)12-4-5-14(19)15(9-12)22(25)26/h2-5,8-9H,6-7,19H2,1H3,(H,20,23)(H,21,24). The molecule has 0 spiro atoms. The van der Waals surface area contributed by atoms with E-state index in [0.29, 0.717) is 5.56 Å². The quantitative estimate of drug-likeness (QED) is 0.313. The van der Waals surface area contributed by atoms with Crippen molar-refractivity contribution in [3.8, 4) is 0 Å². The van der Waals surface area contributed by atoms with E-state index in [2.05, 4.69) is 10.6 Å². The molecule has 26 heavy (non-hydrogen) atoms. The Kier molecular flexibility index (Phi) is 5.84. The summed E-state index contributed by atoms with van der Waals surface area (Å²) in [6.07, 6.45) is 0. The highest BCUT2D eigenvalue weighted by molar-refractivity contribution is 5.96. The van der Waals surface area contributed by atoms with Gasteiger partial charge in [0.15, 0.2) is 0 Å². The summed E-state index contributed by atoms with van der Waals surface area (Å²) in [4.78, 5) is 34.0. The summed E-state index contributed by atoms with van der Waals surface area (Å²) >= 11 is 0. The van der Waals surface area contributed by atoms with Crippen LogP contribution in [0.3, 0.4) is 0 Å². The molecule has 0 saturated heterocycles. The topological polar surface area (TPSA) is 127 Å². The zero-order chi connectivity index (χ0) is 19.3. The number of nitrogens with zero attached hydrogens (tertiary/aromatic N) is 1. The number of benzene rings is 2. The Morgan fingerprint density at radius 2 is 1.62 bits per heavy atom. The molecule has 0 atom stereocenters. The van der Waals surface area contributed by atoms with Gasteiger partial charge in [0.2, 0.25) is 0 Å². The van der Waals surface area contributed by atoms with E-state index in [-0.39, 0.29) is 35.6 Å². The second kappa shape index (κ2) is 8.06. The molecule has 0 aliphatic rings. The predicted molar refractivity (Wildman–Crippen MR) is 93.3 cm³/mol. The first kappa shape index (κ1) is 18.8. The van der Waals surface area contributed by atoms with Crippen molar-refractivity contribution < 1.29 is 18.9 Å². The summed E-state index contributed by atoms with van der Waals surface area (Å²) in [5, 5.41) is 15.9. The molecular formula is C17H17FN4O4. The zero-order valence-electron chi connectivity index (χ0n) is 13.9. The lowest BCUT2D eigenvalue weighted by molar-refractivity contribution is -0.383. The molecule has 0 saturated carbocycles. The molecule has 0 unspecified atom stereocenters. The SMILES string of the molecule is Cc1ccc(C(=O)NCCNC(=O)c2ccc(N)c([N+](=O)[O-])c2)cc1F. The van der Waals surface area contributed by atoms with Gasteiger partial charge >= 0.3 is 0 Å². The summed E-state index contributed by atoms with van der Waals surface area (Å²) in [5.74, 6) is -1.49. The number of nitrogen functional groups attached to an aromatic ring is 1. The number of nitro benzene ring substituents is 1. The number of nitrogens with one attached hydrogen (secondary N) is 2. The van der Waals surface area contributed by atoms with E-state index in [9.17, 15) is 24.1 Å². The van der Waals surface area contributed by atoms with Crippen LogP contribution in [0.5, 0.6) is 0 Å². The van der Waals surface area contributed by atoms with Crippen LogP contribution in [-0.4, -0.2) is 29.8 Å². The minimum Gasteiger partial charge on any atom is -0.393 e.